The minimum Gasteiger partial charge on any atom is -0.339 e. The number of hydrogen-bond donors (Lipinski definition) is 1. The van der Waals surface area contributed by atoms with E-state index < -0.39 is 11.6 Å². The first-order chi connectivity index (χ1) is 9.49. The maximum absolute atomic E-state index is 13.2. The molecule has 0 aliphatic carbocycles. The van der Waals surface area contributed by atoms with Crippen molar-refractivity contribution in [3.05, 3.63) is 35.4 Å². The van der Waals surface area contributed by atoms with Gasteiger partial charge in [0.2, 0.25) is 5.91 Å². The molecule has 1 aliphatic rings. The van der Waals surface area contributed by atoms with Crippen LogP contribution < -0.4 is 5.32 Å². The molecule has 0 spiro atoms. The molecule has 1 aliphatic heterocycles. The summed E-state index contributed by atoms with van der Waals surface area (Å²) >= 11 is 0. The van der Waals surface area contributed by atoms with Gasteiger partial charge in [-0.15, -0.1) is 12.4 Å². The molecule has 1 aromatic rings. The van der Waals surface area contributed by atoms with Crippen molar-refractivity contribution in [3.63, 3.8) is 0 Å². The van der Waals surface area contributed by atoms with Gasteiger partial charge in [0.15, 0.2) is 11.6 Å². The van der Waals surface area contributed by atoms with Gasteiger partial charge in [-0.25, -0.2) is 8.78 Å². The molecule has 6 heteroatoms. The molecule has 1 N–H and O–H groups in total. The van der Waals surface area contributed by atoms with Crippen molar-refractivity contribution in [3.8, 4) is 0 Å². The highest BCUT2D eigenvalue weighted by Crippen LogP contribution is 2.22. The summed E-state index contributed by atoms with van der Waals surface area (Å²) in [6.45, 7) is 2.77. The van der Waals surface area contributed by atoms with Crippen LogP contribution in [0.2, 0.25) is 0 Å². The molecule has 0 bridgehead atoms. The van der Waals surface area contributed by atoms with Gasteiger partial charge in [0.05, 0.1) is 6.04 Å². The average Bonchev–Trinajstić information content (AvgIpc) is 2.93. The number of benzene rings is 1. The normalized spacial score (nSPS) is 19.0. The van der Waals surface area contributed by atoms with E-state index in [1.165, 1.54) is 6.07 Å². The summed E-state index contributed by atoms with van der Waals surface area (Å²) in [6.07, 6.45) is 2.56. The maximum Gasteiger partial charge on any atom is 0.224 e. The summed E-state index contributed by atoms with van der Waals surface area (Å²) in [6, 6.07) is 3.72. The van der Waals surface area contributed by atoms with E-state index in [4.69, 9.17) is 0 Å². The number of amides is 1. The summed E-state index contributed by atoms with van der Waals surface area (Å²) < 4.78 is 26.2. The van der Waals surface area contributed by atoms with Crippen LogP contribution in [0.5, 0.6) is 0 Å². The van der Waals surface area contributed by atoms with Crippen molar-refractivity contribution in [2.75, 3.05) is 13.6 Å². The maximum atomic E-state index is 13.2. The van der Waals surface area contributed by atoms with E-state index >= 15 is 0 Å². The third kappa shape index (κ3) is 4.38. The van der Waals surface area contributed by atoms with Gasteiger partial charge < -0.3 is 10.2 Å². The number of nitrogens with zero attached hydrogens (tertiary/aromatic N) is 1. The molecule has 118 valence electrons. The number of carbonyl (C=O) groups is 1. The molecule has 1 saturated heterocycles. The highest BCUT2D eigenvalue weighted by molar-refractivity contribution is 5.85. The van der Waals surface area contributed by atoms with Crippen LogP contribution in [-0.2, 0) is 4.79 Å². The lowest BCUT2D eigenvalue weighted by Crippen LogP contribution is -2.35. The molecule has 1 aromatic carbocycles. The minimum atomic E-state index is -0.882. The fourth-order valence-corrected chi connectivity index (χ4v) is 2.50. The first kappa shape index (κ1) is 17.9. The van der Waals surface area contributed by atoms with Crippen molar-refractivity contribution < 1.29 is 13.6 Å². The van der Waals surface area contributed by atoms with E-state index in [9.17, 15) is 13.6 Å². The largest absolute Gasteiger partial charge is 0.339 e. The van der Waals surface area contributed by atoms with Gasteiger partial charge in [0.25, 0.3) is 0 Å². The molecule has 3 nitrogen and oxygen atoms in total. The van der Waals surface area contributed by atoms with E-state index in [1.807, 2.05) is 6.92 Å². The zero-order valence-corrected chi connectivity index (χ0v) is 13.1. The molecule has 2 unspecified atom stereocenters. The number of carbonyl (C=O) groups excluding carboxylic acids is 1. The predicted molar refractivity (Wildman–Crippen MR) is 80.4 cm³/mol. The van der Waals surface area contributed by atoms with Crippen LogP contribution >= 0.6 is 12.4 Å². The quantitative estimate of drug-likeness (QED) is 0.925. The highest BCUT2D eigenvalue weighted by atomic mass is 35.5. The number of halogens is 3. The van der Waals surface area contributed by atoms with Crippen molar-refractivity contribution in [2.24, 2.45) is 0 Å². The van der Waals surface area contributed by atoms with Crippen LogP contribution in [0, 0.1) is 11.6 Å². The zero-order valence-electron chi connectivity index (χ0n) is 12.2. The van der Waals surface area contributed by atoms with Crippen LogP contribution in [0.4, 0.5) is 8.78 Å². The van der Waals surface area contributed by atoms with Gasteiger partial charge in [-0.1, -0.05) is 6.07 Å². The smallest absolute Gasteiger partial charge is 0.224 e. The monoisotopic (exact) mass is 318 g/mol. The molecule has 1 amide bonds. The van der Waals surface area contributed by atoms with Crippen molar-refractivity contribution >= 4 is 18.3 Å². The fraction of sp³-hybridized carbons (Fsp3) is 0.533. The van der Waals surface area contributed by atoms with Crippen LogP contribution in [0.25, 0.3) is 0 Å². The molecule has 21 heavy (non-hydrogen) atoms. The third-order valence-corrected chi connectivity index (χ3v) is 3.98. The zero-order chi connectivity index (χ0) is 14.7. The van der Waals surface area contributed by atoms with Gasteiger partial charge in [-0.2, -0.15) is 0 Å². The summed E-state index contributed by atoms with van der Waals surface area (Å²) in [5, 5.41) is 3.28. The Labute approximate surface area is 130 Å². The van der Waals surface area contributed by atoms with E-state index in [1.54, 1.807) is 11.9 Å². The lowest BCUT2D eigenvalue weighted by atomic mass is 10.1. The number of nitrogens with one attached hydrogen (secondary N) is 1. The van der Waals surface area contributed by atoms with Crippen LogP contribution in [0.15, 0.2) is 18.2 Å². The third-order valence-electron chi connectivity index (χ3n) is 3.98. The summed E-state index contributed by atoms with van der Waals surface area (Å²) in [5.41, 5.74) is 0.596. The van der Waals surface area contributed by atoms with Gasteiger partial charge in [-0.05, 0) is 44.0 Å². The van der Waals surface area contributed by atoms with Gasteiger partial charge in [0.1, 0.15) is 0 Å². The highest BCUT2D eigenvalue weighted by Gasteiger charge is 2.23. The fourth-order valence-electron chi connectivity index (χ4n) is 2.50. The summed E-state index contributed by atoms with van der Waals surface area (Å²) in [7, 11) is 1.70. The van der Waals surface area contributed by atoms with Crippen LogP contribution in [0.1, 0.15) is 37.8 Å². The van der Waals surface area contributed by atoms with Crippen molar-refractivity contribution in [1.29, 1.82) is 0 Å². The first-order valence-electron chi connectivity index (χ1n) is 6.93. The van der Waals surface area contributed by atoms with E-state index in [0.717, 1.165) is 31.5 Å². The Morgan fingerprint density at radius 3 is 2.71 bits per heavy atom. The molecule has 2 rings (SSSR count). The Bertz CT molecular complexity index is 493. The second-order valence-electron chi connectivity index (χ2n) is 5.35. The number of rotatable bonds is 4. The molecule has 0 radical (unpaired) electrons. The van der Waals surface area contributed by atoms with Crippen LogP contribution in [0.3, 0.4) is 0 Å². The van der Waals surface area contributed by atoms with Crippen molar-refractivity contribution in [1.82, 2.24) is 10.2 Å². The Hall–Kier alpha value is -1.20. The second kappa shape index (κ2) is 7.71. The summed E-state index contributed by atoms with van der Waals surface area (Å²) in [5.74, 6) is -1.74. The molecule has 0 saturated carbocycles. The molecule has 1 fully saturated rings. The second-order valence-corrected chi connectivity index (χ2v) is 5.35. The SMILES string of the molecule is CC(c1ccc(F)c(F)c1)N(C)C(=O)CC1CCCN1.Cl. The molecule has 2 atom stereocenters. The predicted octanol–water partition coefficient (Wildman–Crippen LogP) is 3.05. The number of hydrogen-bond acceptors (Lipinski definition) is 2. The first-order valence-corrected chi connectivity index (χ1v) is 6.93. The lowest BCUT2D eigenvalue weighted by molar-refractivity contribution is -0.132. The van der Waals surface area contributed by atoms with E-state index in [2.05, 4.69) is 5.32 Å². The minimum absolute atomic E-state index is 0. The standard InChI is InChI=1S/C15H20F2N2O.ClH/c1-10(11-5-6-13(16)14(17)8-11)19(2)15(20)9-12-4-3-7-18-12;/h5-6,8,10,12,18H,3-4,7,9H2,1-2H3;1H. The molecule has 0 aromatic heterocycles. The Morgan fingerprint density at radius 1 is 1.43 bits per heavy atom. The summed E-state index contributed by atoms with van der Waals surface area (Å²) in [4.78, 5) is 13.8. The molecule has 1 heterocycles. The van der Waals surface area contributed by atoms with E-state index in [0.29, 0.717) is 12.0 Å². The average molecular weight is 319 g/mol. The van der Waals surface area contributed by atoms with Crippen LogP contribution in [-0.4, -0.2) is 30.4 Å². The Balaban J connectivity index is 0.00000220. The Morgan fingerprint density at radius 2 is 2.14 bits per heavy atom. The van der Waals surface area contributed by atoms with Gasteiger partial charge >= 0.3 is 0 Å². The van der Waals surface area contributed by atoms with Crippen molar-refractivity contribution in [2.45, 2.75) is 38.3 Å². The van der Waals surface area contributed by atoms with E-state index in [-0.39, 0.29) is 30.4 Å². The molecular weight excluding hydrogens is 298 g/mol. The lowest BCUT2D eigenvalue weighted by Gasteiger charge is -2.26. The topological polar surface area (TPSA) is 32.3 Å². The van der Waals surface area contributed by atoms with Gasteiger partial charge in [-0.3, -0.25) is 4.79 Å². The molecular formula is C15H21ClF2N2O. The van der Waals surface area contributed by atoms with Gasteiger partial charge in [0, 0.05) is 19.5 Å². The Kier molecular flexibility index (Phi) is 6.55.